The van der Waals surface area contributed by atoms with Gasteiger partial charge in [0.1, 0.15) is 0 Å². The predicted octanol–water partition coefficient (Wildman–Crippen LogP) is 6.08. The second-order valence-electron chi connectivity index (χ2n) is 4.95. The standard InChI is InChI=1S/C18H21I/c1-2-3-4-6-10-16-13-9-14-17(19)18(16)15-11-7-5-8-12-15/h5,7-9,11-14H,2-4,6,10H2,1H3. The van der Waals surface area contributed by atoms with E-state index in [1.807, 2.05) is 0 Å². The van der Waals surface area contributed by atoms with E-state index in [9.17, 15) is 0 Å². The number of halogens is 1. The quantitative estimate of drug-likeness (QED) is 0.430. The van der Waals surface area contributed by atoms with Gasteiger partial charge in [0.05, 0.1) is 0 Å². The number of benzene rings is 2. The van der Waals surface area contributed by atoms with Gasteiger partial charge < -0.3 is 0 Å². The normalized spacial score (nSPS) is 10.6. The van der Waals surface area contributed by atoms with Crippen molar-refractivity contribution in [2.24, 2.45) is 0 Å². The van der Waals surface area contributed by atoms with Crippen molar-refractivity contribution in [3.63, 3.8) is 0 Å². The first-order valence-corrected chi connectivity index (χ1v) is 8.23. The number of hydrogen-bond donors (Lipinski definition) is 0. The maximum absolute atomic E-state index is 2.46. The van der Waals surface area contributed by atoms with Crippen molar-refractivity contribution in [2.45, 2.75) is 39.0 Å². The molecule has 0 N–H and O–H groups in total. The Hall–Kier alpha value is -0.830. The van der Waals surface area contributed by atoms with Crippen molar-refractivity contribution < 1.29 is 0 Å². The first-order chi connectivity index (χ1) is 9.33. The summed E-state index contributed by atoms with van der Waals surface area (Å²) in [6.45, 7) is 2.26. The molecule has 2 aromatic rings. The lowest BCUT2D eigenvalue weighted by molar-refractivity contribution is 0.667. The number of rotatable bonds is 6. The Morgan fingerprint density at radius 3 is 2.37 bits per heavy atom. The Morgan fingerprint density at radius 2 is 1.63 bits per heavy atom. The van der Waals surface area contributed by atoms with Gasteiger partial charge >= 0.3 is 0 Å². The third-order valence-electron chi connectivity index (χ3n) is 3.46. The van der Waals surface area contributed by atoms with E-state index in [0.717, 1.165) is 0 Å². The monoisotopic (exact) mass is 364 g/mol. The van der Waals surface area contributed by atoms with Gasteiger partial charge in [-0.05, 0) is 58.2 Å². The van der Waals surface area contributed by atoms with Gasteiger partial charge in [-0.1, -0.05) is 68.7 Å². The molecule has 0 saturated heterocycles. The summed E-state index contributed by atoms with van der Waals surface area (Å²) in [5, 5.41) is 0. The fourth-order valence-electron chi connectivity index (χ4n) is 2.45. The minimum atomic E-state index is 1.20. The summed E-state index contributed by atoms with van der Waals surface area (Å²) < 4.78 is 1.36. The zero-order chi connectivity index (χ0) is 13.5. The number of hydrogen-bond acceptors (Lipinski definition) is 0. The van der Waals surface area contributed by atoms with Gasteiger partial charge in [-0.2, -0.15) is 0 Å². The zero-order valence-electron chi connectivity index (χ0n) is 11.5. The fourth-order valence-corrected chi connectivity index (χ4v) is 3.31. The Bertz CT molecular complexity index is 502. The maximum atomic E-state index is 2.46. The highest BCUT2D eigenvalue weighted by atomic mass is 127. The van der Waals surface area contributed by atoms with E-state index in [2.05, 4.69) is 78.0 Å². The molecule has 0 aliphatic rings. The molecule has 2 aromatic carbocycles. The lowest BCUT2D eigenvalue weighted by atomic mass is 9.96. The zero-order valence-corrected chi connectivity index (χ0v) is 13.7. The second kappa shape index (κ2) is 7.68. The Kier molecular flexibility index (Phi) is 5.90. The number of unbranched alkanes of at least 4 members (excludes halogenated alkanes) is 3. The highest BCUT2D eigenvalue weighted by Crippen LogP contribution is 2.30. The van der Waals surface area contributed by atoms with Gasteiger partial charge in [-0.25, -0.2) is 0 Å². The van der Waals surface area contributed by atoms with Crippen LogP contribution in [0.1, 0.15) is 38.2 Å². The Balaban J connectivity index is 2.22. The average Bonchev–Trinajstić information content (AvgIpc) is 2.45. The van der Waals surface area contributed by atoms with Crippen LogP contribution in [0.25, 0.3) is 11.1 Å². The van der Waals surface area contributed by atoms with E-state index >= 15 is 0 Å². The highest BCUT2D eigenvalue weighted by Gasteiger charge is 2.08. The van der Waals surface area contributed by atoms with E-state index in [1.54, 1.807) is 0 Å². The van der Waals surface area contributed by atoms with Crippen molar-refractivity contribution in [1.82, 2.24) is 0 Å². The van der Waals surface area contributed by atoms with Crippen LogP contribution in [0.3, 0.4) is 0 Å². The smallest absolute Gasteiger partial charge is 0.0211 e. The molecule has 0 fully saturated rings. The lowest BCUT2D eigenvalue weighted by Gasteiger charge is -2.12. The molecule has 19 heavy (non-hydrogen) atoms. The fraction of sp³-hybridized carbons (Fsp3) is 0.333. The van der Waals surface area contributed by atoms with Crippen LogP contribution in [0.2, 0.25) is 0 Å². The minimum Gasteiger partial charge on any atom is -0.0654 e. The van der Waals surface area contributed by atoms with Crippen LogP contribution < -0.4 is 0 Å². The average molecular weight is 364 g/mol. The van der Waals surface area contributed by atoms with Gasteiger partial charge in [-0.3, -0.25) is 0 Å². The van der Waals surface area contributed by atoms with Crippen molar-refractivity contribution in [3.05, 3.63) is 57.7 Å². The van der Waals surface area contributed by atoms with Crippen LogP contribution in [0.5, 0.6) is 0 Å². The van der Waals surface area contributed by atoms with Gasteiger partial charge in [0.25, 0.3) is 0 Å². The molecule has 0 unspecified atom stereocenters. The molecule has 0 bridgehead atoms. The van der Waals surface area contributed by atoms with Gasteiger partial charge in [0, 0.05) is 3.57 Å². The van der Waals surface area contributed by atoms with Crippen LogP contribution >= 0.6 is 22.6 Å². The number of aryl methyl sites for hydroxylation is 1. The summed E-state index contributed by atoms with van der Waals surface area (Å²) in [5.41, 5.74) is 4.27. The largest absolute Gasteiger partial charge is 0.0654 e. The van der Waals surface area contributed by atoms with Gasteiger partial charge in [0.2, 0.25) is 0 Å². The highest BCUT2D eigenvalue weighted by molar-refractivity contribution is 14.1. The van der Waals surface area contributed by atoms with Crippen LogP contribution in [0.4, 0.5) is 0 Å². The van der Waals surface area contributed by atoms with E-state index in [0.29, 0.717) is 0 Å². The van der Waals surface area contributed by atoms with E-state index in [4.69, 9.17) is 0 Å². The summed E-state index contributed by atoms with van der Waals surface area (Å²) in [7, 11) is 0. The van der Waals surface area contributed by atoms with Crippen LogP contribution in [0, 0.1) is 3.57 Å². The van der Waals surface area contributed by atoms with E-state index in [-0.39, 0.29) is 0 Å². The lowest BCUT2D eigenvalue weighted by Crippen LogP contribution is -1.93. The molecular formula is C18H21I. The molecule has 2 rings (SSSR count). The van der Waals surface area contributed by atoms with Crippen molar-refractivity contribution in [3.8, 4) is 11.1 Å². The first-order valence-electron chi connectivity index (χ1n) is 7.15. The van der Waals surface area contributed by atoms with Crippen LogP contribution in [-0.4, -0.2) is 0 Å². The van der Waals surface area contributed by atoms with Crippen molar-refractivity contribution in [2.75, 3.05) is 0 Å². The van der Waals surface area contributed by atoms with Gasteiger partial charge in [0.15, 0.2) is 0 Å². The third kappa shape index (κ3) is 4.07. The molecule has 0 nitrogen and oxygen atoms in total. The van der Waals surface area contributed by atoms with E-state index < -0.39 is 0 Å². The molecule has 0 atom stereocenters. The SMILES string of the molecule is CCCCCCc1cccc(I)c1-c1ccccc1. The van der Waals surface area contributed by atoms with Gasteiger partial charge in [-0.15, -0.1) is 0 Å². The molecule has 0 radical (unpaired) electrons. The van der Waals surface area contributed by atoms with Crippen LogP contribution in [-0.2, 0) is 6.42 Å². The molecule has 0 aromatic heterocycles. The molecule has 0 saturated carbocycles. The molecule has 0 aliphatic carbocycles. The molecule has 1 heteroatoms. The van der Waals surface area contributed by atoms with E-state index in [1.165, 1.54) is 52.4 Å². The maximum Gasteiger partial charge on any atom is 0.0211 e. The summed E-state index contributed by atoms with van der Waals surface area (Å²) in [5.74, 6) is 0. The predicted molar refractivity (Wildman–Crippen MR) is 92.4 cm³/mol. The van der Waals surface area contributed by atoms with Crippen LogP contribution in [0.15, 0.2) is 48.5 Å². The Labute approximate surface area is 130 Å². The summed E-state index contributed by atoms with van der Waals surface area (Å²) >= 11 is 2.46. The molecule has 0 heterocycles. The third-order valence-corrected chi connectivity index (χ3v) is 4.36. The topological polar surface area (TPSA) is 0 Å². The first kappa shape index (κ1) is 14.6. The van der Waals surface area contributed by atoms with Crippen molar-refractivity contribution in [1.29, 1.82) is 0 Å². The second-order valence-corrected chi connectivity index (χ2v) is 6.11. The summed E-state index contributed by atoms with van der Waals surface area (Å²) in [6, 6.07) is 17.4. The molecule has 0 amide bonds. The molecule has 0 spiro atoms. The molecule has 0 aliphatic heterocycles. The minimum absolute atomic E-state index is 1.20. The summed E-state index contributed by atoms with van der Waals surface area (Å²) in [4.78, 5) is 0. The van der Waals surface area contributed by atoms with Crippen molar-refractivity contribution >= 4 is 22.6 Å². The summed E-state index contributed by atoms with van der Waals surface area (Å²) in [6.07, 6.45) is 6.49. The Morgan fingerprint density at radius 1 is 0.842 bits per heavy atom. The molecular weight excluding hydrogens is 343 g/mol. The molecule has 100 valence electrons.